The van der Waals surface area contributed by atoms with Crippen molar-refractivity contribution in [2.75, 3.05) is 6.54 Å². The first kappa shape index (κ1) is 16.0. The molecular weight excluding hydrogens is 264 g/mol. The highest BCUT2D eigenvalue weighted by Crippen LogP contribution is 2.29. The van der Waals surface area contributed by atoms with Crippen LogP contribution in [0, 0.1) is 19.8 Å². The van der Waals surface area contributed by atoms with E-state index in [1.165, 1.54) is 60.5 Å². The summed E-state index contributed by atoms with van der Waals surface area (Å²) in [7, 11) is 0. The third-order valence-electron chi connectivity index (χ3n) is 4.57. The molecule has 1 saturated carbocycles. The van der Waals surface area contributed by atoms with Gasteiger partial charge in [-0.05, 0) is 45.6 Å². The molecule has 1 heterocycles. The summed E-state index contributed by atoms with van der Waals surface area (Å²) in [6.07, 6.45) is 10.9. The zero-order chi connectivity index (χ0) is 14.4. The second-order valence-electron chi connectivity index (χ2n) is 6.33. The molecule has 3 heteroatoms. The number of rotatable bonds is 8. The molecule has 1 unspecified atom stereocenters. The SMILES string of the molecule is CCCNC(CCC1CCCC1)Cc1nc(C)c(C)s1. The fourth-order valence-electron chi connectivity index (χ4n) is 3.20. The maximum atomic E-state index is 4.72. The average Bonchev–Trinajstić information content (AvgIpc) is 3.04. The van der Waals surface area contributed by atoms with Crippen molar-refractivity contribution in [3.05, 3.63) is 15.6 Å². The second kappa shape index (κ2) is 8.14. The number of thiazole rings is 1. The maximum Gasteiger partial charge on any atom is 0.0946 e. The lowest BCUT2D eigenvalue weighted by molar-refractivity contribution is 0.402. The topological polar surface area (TPSA) is 24.9 Å². The van der Waals surface area contributed by atoms with E-state index in [-0.39, 0.29) is 0 Å². The Bertz CT molecular complexity index is 374. The van der Waals surface area contributed by atoms with Crippen LogP contribution in [0.25, 0.3) is 0 Å². The second-order valence-corrected chi connectivity index (χ2v) is 7.62. The minimum atomic E-state index is 0.625. The van der Waals surface area contributed by atoms with E-state index < -0.39 is 0 Å². The molecule has 1 aliphatic rings. The highest BCUT2D eigenvalue weighted by molar-refractivity contribution is 7.11. The van der Waals surface area contributed by atoms with Crippen molar-refractivity contribution in [3.63, 3.8) is 0 Å². The van der Waals surface area contributed by atoms with Crippen LogP contribution in [0.2, 0.25) is 0 Å². The van der Waals surface area contributed by atoms with E-state index in [4.69, 9.17) is 4.98 Å². The van der Waals surface area contributed by atoms with Gasteiger partial charge in [-0.15, -0.1) is 11.3 Å². The number of aromatic nitrogens is 1. The standard InChI is InChI=1S/C17H30N2S/c1-4-11-18-16(10-9-15-7-5-6-8-15)12-17-19-13(2)14(3)20-17/h15-16,18H,4-12H2,1-3H3. The first-order valence-corrected chi connectivity index (χ1v) is 9.17. The van der Waals surface area contributed by atoms with Crippen LogP contribution in [-0.2, 0) is 6.42 Å². The van der Waals surface area contributed by atoms with E-state index in [9.17, 15) is 0 Å². The number of aryl methyl sites for hydroxylation is 2. The molecule has 20 heavy (non-hydrogen) atoms. The van der Waals surface area contributed by atoms with E-state index in [1.54, 1.807) is 0 Å². The first-order valence-electron chi connectivity index (χ1n) is 8.35. The van der Waals surface area contributed by atoms with Crippen LogP contribution in [0.15, 0.2) is 0 Å². The molecule has 0 radical (unpaired) electrons. The molecule has 0 spiro atoms. The lowest BCUT2D eigenvalue weighted by atomic mass is 9.97. The molecule has 0 aromatic carbocycles. The van der Waals surface area contributed by atoms with Crippen LogP contribution >= 0.6 is 11.3 Å². The van der Waals surface area contributed by atoms with Crippen LogP contribution in [0.3, 0.4) is 0 Å². The average molecular weight is 295 g/mol. The predicted molar refractivity (Wildman–Crippen MR) is 88.6 cm³/mol. The summed E-state index contributed by atoms with van der Waals surface area (Å²) in [6.45, 7) is 7.70. The van der Waals surface area contributed by atoms with Crippen molar-refractivity contribution >= 4 is 11.3 Å². The van der Waals surface area contributed by atoms with Gasteiger partial charge in [0.15, 0.2) is 0 Å². The molecule has 0 amide bonds. The third-order valence-corrected chi connectivity index (χ3v) is 5.67. The Morgan fingerprint density at radius 2 is 2.05 bits per heavy atom. The fraction of sp³-hybridized carbons (Fsp3) is 0.824. The number of nitrogens with zero attached hydrogens (tertiary/aromatic N) is 1. The molecule has 1 aromatic heterocycles. The predicted octanol–water partition coefficient (Wildman–Crippen LogP) is 4.64. The number of hydrogen-bond donors (Lipinski definition) is 1. The van der Waals surface area contributed by atoms with Crippen LogP contribution < -0.4 is 5.32 Å². The molecule has 114 valence electrons. The Kier molecular flexibility index (Phi) is 6.50. The summed E-state index contributed by atoms with van der Waals surface area (Å²) >= 11 is 1.88. The van der Waals surface area contributed by atoms with Crippen molar-refractivity contribution in [3.8, 4) is 0 Å². The fourth-order valence-corrected chi connectivity index (χ4v) is 4.21. The number of nitrogens with one attached hydrogen (secondary N) is 1. The van der Waals surface area contributed by atoms with E-state index in [1.807, 2.05) is 11.3 Å². The molecule has 1 N–H and O–H groups in total. The van der Waals surface area contributed by atoms with Gasteiger partial charge in [-0.2, -0.15) is 0 Å². The summed E-state index contributed by atoms with van der Waals surface area (Å²) in [5.41, 5.74) is 1.22. The summed E-state index contributed by atoms with van der Waals surface area (Å²) in [4.78, 5) is 6.10. The first-order chi connectivity index (χ1) is 9.69. The van der Waals surface area contributed by atoms with Gasteiger partial charge in [-0.3, -0.25) is 0 Å². The molecule has 0 saturated heterocycles. The molecular formula is C17H30N2S. The normalized spacial score (nSPS) is 17.8. The largest absolute Gasteiger partial charge is 0.314 e. The van der Waals surface area contributed by atoms with E-state index >= 15 is 0 Å². The summed E-state index contributed by atoms with van der Waals surface area (Å²) < 4.78 is 0. The van der Waals surface area contributed by atoms with Gasteiger partial charge >= 0.3 is 0 Å². The van der Waals surface area contributed by atoms with Gasteiger partial charge in [0.25, 0.3) is 0 Å². The minimum absolute atomic E-state index is 0.625. The highest BCUT2D eigenvalue weighted by Gasteiger charge is 2.18. The van der Waals surface area contributed by atoms with Gasteiger partial charge < -0.3 is 5.32 Å². The quantitative estimate of drug-likeness (QED) is 0.755. The lowest BCUT2D eigenvalue weighted by Gasteiger charge is -2.19. The van der Waals surface area contributed by atoms with Gasteiger partial charge in [0.05, 0.1) is 10.7 Å². The molecule has 1 aliphatic carbocycles. The van der Waals surface area contributed by atoms with Crippen LogP contribution in [-0.4, -0.2) is 17.6 Å². The molecule has 0 bridgehead atoms. The number of hydrogen-bond acceptors (Lipinski definition) is 3. The third kappa shape index (κ3) is 4.85. The summed E-state index contributed by atoms with van der Waals surface area (Å²) in [6, 6.07) is 0.625. The Labute approximate surface area is 128 Å². The van der Waals surface area contributed by atoms with Crippen molar-refractivity contribution < 1.29 is 0 Å². The molecule has 0 aliphatic heterocycles. The van der Waals surface area contributed by atoms with E-state index in [0.717, 1.165) is 18.9 Å². The minimum Gasteiger partial charge on any atom is -0.314 e. The van der Waals surface area contributed by atoms with Crippen molar-refractivity contribution in [2.24, 2.45) is 5.92 Å². The Hall–Kier alpha value is -0.410. The zero-order valence-corrected chi connectivity index (χ0v) is 14.2. The van der Waals surface area contributed by atoms with Crippen molar-refractivity contribution in [1.29, 1.82) is 0 Å². The van der Waals surface area contributed by atoms with Crippen LogP contribution in [0.5, 0.6) is 0 Å². The van der Waals surface area contributed by atoms with Gasteiger partial charge in [0.2, 0.25) is 0 Å². The summed E-state index contributed by atoms with van der Waals surface area (Å²) in [5.74, 6) is 1.00. The zero-order valence-electron chi connectivity index (χ0n) is 13.4. The maximum absolute atomic E-state index is 4.72. The Morgan fingerprint density at radius 3 is 2.65 bits per heavy atom. The van der Waals surface area contributed by atoms with E-state index in [2.05, 4.69) is 26.1 Å². The summed E-state index contributed by atoms with van der Waals surface area (Å²) in [5, 5.41) is 5.06. The molecule has 2 rings (SSSR count). The molecule has 1 aromatic rings. The van der Waals surface area contributed by atoms with Crippen LogP contribution in [0.4, 0.5) is 0 Å². The van der Waals surface area contributed by atoms with Crippen molar-refractivity contribution in [1.82, 2.24) is 10.3 Å². The highest BCUT2D eigenvalue weighted by atomic mass is 32.1. The Balaban J connectivity index is 1.84. The van der Waals surface area contributed by atoms with Gasteiger partial charge in [-0.1, -0.05) is 32.6 Å². The monoisotopic (exact) mass is 294 g/mol. The molecule has 1 fully saturated rings. The smallest absolute Gasteiger partial charge is 0.0946 e. The van der Waals surface area contributed by atoms with E-state index in [0.29, 0.717) is 6.04 Å². The lowest BCUT2D eigenvalue weighted by Crippen LogP contribution is -2.32. The van der Waals surface area contributed by atoms with Crippen LogP contribution in [0.1, 0.15) is 67.4 Å². The molecule has 2 nitrogen and oxygen atoms in total. The van der Waals surface area contributed by atoms with Gasteiger partial charge in [-0.25, -0.2) is 4.98 Å². The van der Waals surface area contributed by atoms with Crippen molar-refractivity contribution in [2.45, 2.75) is 78.2 Å². The molecule has 1 atom stereocenters. The van der Waals surface area contributed by atoms with Gasteiger partial charge in [0, 0.05) is 17.3 Å². The Morgan fingerprint density at radius 1 is 1.30 bits per heavy atom. The van der Waals surface area contributed by atoms with Gasteiger partial charge in [0.1, 0.15) is 0 Å².